The van der Waals surface area contributed by atoms with E-state index in [9.17, 15) is 17.6 Å². The summed E-state index contributed by atoms with van der Waals surface area (Å²) >= 11 is 2.48. The summed E-state index contributed by atoms with van der Waals surface area (Å²) in [4.78, 5) is 14.5. The number of carbonyl (C=O) groups is 1. The Kier molecular flexibility index (Phi) is 7.12. The number of aromatic nitrogens is 2. The largest absolute Gasteiger partial charge is 0.338 e. The second-order valence-corrected chi connectivity index (χ2v) is 11.7. The second kappa shape index (κ2) is 9.40. The number of benzene rings is 1. The lowest BCUT2D eigenvalue weighted by Gasteiger charge is -2.29. The summed E-state index contributed by atoms with van der Waals surface area (Å²) in [5, 5.41) is 11.3. The molecule has 7 nitrogen and oxygen atoms in total. The second-order valence-electron chi connectivity index (χ2n) is 7.26. The van der Waals surface area contributed by atoms with Gasteiger partial charge in [0.2, 0.25) is 11.0 Å². The van der Waals surface area contributed by atoms with Gasteiger partial charge in [0.1, 0.15) is 5.82 Å². The number of carbonyl (C=O) groups excluding carboxylic acids is 1. The Morgan fingerprint density at radius 3 is 2.79 bits per heavy atom. The summed E-state index contributed by atoms with van der Waals surface area (Å²) in [6, 6.07) is 6.01. The normalized spacial score (nSPS) is 18.1. The van der Waals surface area contributed by atoms with Gasteiger partial charge >= 0.3 is 0 Å². The van der Waals surface area contributed by atoms with Crippen LogP contribution in [0.2, 0.25) is 0 Å². The van der Waals surface area contributed by atoms with Crippen LogP contribution in [0.25, 0.3) is 0 Å². The fraction of sp³-hybridized carbons (Fsp3) is 0.500. The smallest absolute Gasteiger partial charge is 0.233 e. The van der Waals surface area contributed by atoms with Gasteiger partial charge in [-0.2, -0.15) is 0 Å². The Morgan fingerprint density at radius 2 is 2.14 bits per heavy atom. The molecule has 0 saturated carbocycles. The first-order valence-electron chi connectivity index (χ1n) is 9.21. The van der Waals surface area contributed by atoms with Crippen LogP contribution in [-0.4, -0.2) is 59.3 Å². The Hall–Kier alpha value is -1.72. The minimum atomic E-state index is -3.07. The SMILES string of the molecule is CC(C)CN(C(=O)CSc1nnc(Nc2ccccc2F)s1)C1CCS(=O)(=O)C1. The summed E-state index contributed by atoms with van der Waals surface area (Å²) in [6.45, 7) is 4.53. The number of hydrogen-bond donors (Lipinski definition) is 1. The van der Waals surface area contributed by atoms with Gasteiger partial charge in [0.25, 0.3) is 0 Å². The van der Waals surface area contributed by atoms with Crippen molar-refractivity contribution in [3.05, 3.63) is 30.1 Å². The molecule has 3 rings (SSSR count). The zero-order valence-electron chi connectivity index (χ0n) is 16.2. The van der Waals surface area contributed by atoms with Crippen molar-refractivity contribution in [1.29, 1.82) is 0 Å². The van der Waals surface area contributed by atoms with E-state index in [1.165, 1.54) is 29.2 Å². The number of thioether (sulfide) groups is 1. The Morgan fingerprint density at radius 1 is 1.38 bits per heavy atom. The van der Waals surface area contributed by atoms with E-state index in [0.29, 0.717) is 28.1 Å². The Balaban J connectivity index is 1.60. The van der Waals surface area contributed by atoms with E-state index in [-0.39, 0.29) is 40.9 Å². The van der Waals surface area contributed by atoms with Crippen LogP contribution in [0.15, 0.2) is 28.6 Å². The highest BCUT2D eigenvalue weighted by atomic mass is 32.2. The quantitative estimate of drug-likeness (QED) is 0.607. The molecule has 1 saturated heterocycles. The molecule has 158 valence electrons. The molecule has 1 aromatic heterocycles. The van der Waals surface area contributed by atoms with Gasteiger partial charge in [0.15, 0.2) is 14.2 Å². The highest BCUT2D eigenvalue weighted by Gasteiger charge is 2.34. The molecule has 0 aliphatic carbocycles. The first-order chi connectivity index (χ1) is 13.7. The summed E-state index contributed by atoms with van der Waals surface area (Å²) in [5.41, 5.74) is 0.307. The van der Waals surface area contributed by atoms with Crippen LogP contribution in [0.4, 0.5) is 15.2 Å². The van der Waals surface area contributed by atoms with Crippen LogP contribution in [0, 0.1) is 11.7 Å². The third-order valence-electron chi connectivity index (χ3n) is 4.37. The number of rotatable bonds is 8. The molecule has 1 aliphatic rings. The maximum absolute atomic E-state index is 13.7. The van der Waals surface area contributed by atoms with Crippen LogP contribution in [0.5, 0.6) is 0 Å². The van der Waals surface area contributed by atoms with Crippen LogP contribution in [0.1, 0.15) is 20.3 Å². The summed E-state index contributed by atoms with van der Waals surface area (Å²) < 4.78 is 37.9. The zero-order valence-corrected chi connectivity index (χ0v) is 18.6. The number of nitrogens with zero attached hydrogens (tertiary/aromatic N) is 3. The third-order valence-corrected chi connectivity index (χ3v) is 8.08. The van der Waals surface area contributed by atoms with E-state index in [2.05, 4.69) is 15.5 Å². The number of anilines is 2. The van der Waals surface area contributed by atoms with Crippen molar-refractivity contribution < 1.29 is 17.6 Å². The number of sulfone groups is 1. The van der Waals surface area contributed by atoms with Crippen molar-refractivity contribution >= 4 is 49.7 Å². The van der Waals surface area contributed by atoms with Crippen LogP contribution in [0.3, 0.4) is 0 Å². The van der Waals surface area contributed by atoms with Crippen molar-refractivity contribution in [3.63, 3.8) is 0 Å². The number of halogens is 1. The summed E-state index contributed by atoms with van der Waals surface area (Å²) in [5.74, 6) is 0.0649. The number of hydrogen-bond acceptors (Lipinski definition) is 8. The fourth-order valence-corrected chi connectivity index (χ4v) is 6.45. The van der Waals surface area contributed by atoms with E-state index in [4.69, 9.17) is 0 Å². The topological polar surface area (TPSA) is 92.3 Å². The first-order valence-corrected chi connectivity index (χ1v) is 12.8. The standard InChI is InChI=1S/C18H23FN4O3S3/c1-12(2)9-23(13-7-8-29(25,26)11-13)16(24)10-27-18-22-21-17(28-18)20-15-6-4-3-5-14(15)19/h3-6,12-13H,7-11H2,1-2H3,(H,20,21). The maximum atomic E-state index is 13.7. The molecule has 1 atom stereocenters. The molecule has 2 aromatic rings. The van der Waals surface area contributed by atoms with Gasteiger partial charge in [-0.25, -0.2) is 12.8 Å². The average molecular weight is 459 g/mol. The molecule has 1 fully saturated rings. The predicted molar refractivity (Wildman–Crippen MR) is 114 cm³/mol. The minimum absolute atomic E-state index is 0.0334. The molecule has 2 heterocycles. The van der Waals surface area contributed by atoms with Crippen LogP contribution < -0.4 is 5.32 Å². The minimum Gasteiger partial charge on any atom is -0.338 e. The van der Waals surface area contributed by atoms with E-state index in [0.717, 1.165) is 0 Å². The molecule has 29 heavy (non-hydrogen) atoms. The molecule has 1 unspecified atom stereocenters. The number of amides is 1. The van der Waals surface area contributed by atoms with Crippen molar-refractivity contribution in [3.8, 4) is 0 Å². The van der Waals surface area contributed by atoms with Crippen LogP contribution >= 0.6 is 23.1 Å². The van der Waals surface area contributed by atoms with E-state index < -0.39 is 9.84 Å². The van der Waals surface area contributed by atoms with Crippen molar-refractivity contribution in [2.45, 2.75) is 30.6 Å². The molecule has 0 radical (unpaired) electrons. The van der Waals surface area contributed by atoms with Gasteiger partial charge in [-0.3, -0.25) is 4.79 Å². The highest BCUT2D eigenvalue weighted by Crippen LogP contribution is 2.29. The molecule has 0 spiro atoms. The predicted octanol–water partition coefficient (Wildman–Crippen LogP) is 3.18. The van der Waals surface area contributed by atoms with Crippen molar-refractivity contribution in [2.75, 3.05) is 29.1 Å². The van der Waals surface area contributed by atoms with Gasteiger partial charge < -0.3 is 10.2 Å². The average Bonchev–Trinajstić information content (AvgIpc) is 3.25. The van der Waals surface area contributed by atoms with Gasteiger partial charge in [0, 0.05) is 12.6 Å². The fourth-order valence-electron chi connectivity index (χ4n) is 3.07. The summed E-state index contributed by atoms with van der Waals surface area (Å²) in [6.07, 6.45) is 0.487. The lowest BCUT2D eigenvalue weighted by atomic mass is 10.1. The molecular formula is C18H23FN4O3S3. The Labute approximate surface area is 178 Å². The molecule has 1 aromatic carbocycles. The number of nitrogens with one attached hydrogen (secondary N) is 1. The van der Waals surface area contributed by atoms with Crippen molar-refractivity contribution in [2.24, 2.45) is 5.92 Å². The van der Waals surface area contributed by atoms with Gasteiger partial charge in [0.05, 0.1) is 22.9 Å². The lowest BCUT2D eigenvalue weighted by molar-refractivity contribution is -0.130. The molecule has 11 heteroatoms. The van der Waals surface area contributed by atoms with E-state index >= 15 is 0 Å². The molecular weight excluding hydrogens is 435 g/mol. The molecule has 0 bridgehead atoms. The monoisotopic (exact) mass is 458 g/mol. The van der Waals surface area contributed by atoms with Crippen molar-refractivity contribution in [1.82, 2.24) is 15.1 Å². The maximum Gasteiger partial charge on any atom is 0.233 e. The number of para-hydroxylation sites is 1. The van der Waals surface area contributed by atoms with E-state index in [1.54, 1.807) is 23.1 Å². The van der Waals surface area contributed by atoms with E-state index in [1.807, 2.05) is 13.8 Å². The van der Waals surface area contributed by atoms with Crippen LogP contribution in [-0.2, 0) is 14.6 Å². The first kappa shape index (κ1) is 22.0. The summed E-state index contributed by atoms with van der Waals surface area (Å²) in [7, 11) is -3.07. The van der Waals surface area contributed by atoms with Gasteiger partial charge in [-0.15, -0.1) is 10.2 Å². The third kappa shape index (κ3) is 6.13. The lowest BCUT2D eigenvalue weighted by Crippen LogP contribution is -2.44. The van der Waals surface area contributed by atoms with Gasteiger partial charge in [-0.1, -0.05) is 49.1 Å². The molecule has 1 amide bonds. The zero-order chi connectivity index (χ0) is 21.0. The highest BCUT2D eigenvalue weighted by molar-refractivity contribution is 8.01. The Bertz CT molecular complexity index is 965. The molecule has 1 aliphatic heterocycles. The van der Waals surface area contributed by atoms with Gasteiger partial charge in [-0.05, 0) is 24.5 Å². The molecule has 1 N–H and O–H groups in total.